The lowest BCUT2D eigenvalue weighted by atomic mass is 10.1. The molecule has 7 nitrogen and oxygen atoms in total. The summed E-state index contributed by atoms with van der Waals surface area (Å²) in [5.74, 6) is 2.66. The minimum Gasteiger partial charge on any atom is -0.493 e. The average molecular weight is 569 g/mol. The Labute approximate surface area is 214 Å². The van der Waals surface area contributed by atoms with Crippen LogP contribution in [-0.4, -0.2) is 51.8 Å². The summed E-state index contributed by atoms with van der Waals surface area (Å²) >= 11 is 0. The molecule has 33 heavy (non-hydrogen) atoms. The number of guanidine groups is 1. The summed E-state index contributed by atoms with van der Waals surface area (Å²) in [6, 6.07) is 12.7. The van der Waals surface area contributed by atoms with E-state index in [9.17, 15) is 0 Å². The van der Waals surface area contributed by atoms with Crippen LogP contribution in [0.25, 0.3) is 0 Å². The Morgan fingerprint density at radius 3 is 1.97 bits per heavy atom. The van der Waals surface area contributed by atoms with Gasteiger partial charge in [0.1, 0.15) is 0 Å². The SMILES string of the molecule is CCOc1c(OC)cc(CNC(=NC)NCc2ccc(CN3CCCC3)cc2)cc1OC.I. The van der Waals surface area contributed by atoms with Crippen LogP contribution >= 0.6 is 24.0 Å². The van der Waals surface area contributed by atoms with Gasteiger partial charge in [0.25, 0.3) is 0 Å². The molecule has 0 saturated carbocycles. The Bertz CT molecular complexity index is 859. The fourth-order valence-corrected chi connectivity index (χ4v) is 3.88. The molecule has 2 aromatic rings. The molecular formula is C25H37IN4O3. The molecule has 0 aromatic heterocycles. The highest BCUT2D eigenvalue weighted by atomic mass is 127. The lowest BCUT2D eigenvalue weighted by molar-refractivity contribution is 0.288. The van der Waals surface area contributed by atoms with Crippen molar-refractivity contribution in [2.75, 3.05) is 41.0 Å². The molecule has 8 heteroatoms. The summed E-state index contributed by atoms with van der Waals surface area (Å²) < 4.78 is 16.7. The van der Waals surface area contributed by atoms with Crippen molar-refractivity contribution in [1.82, 2.24) is 15.5 Å². The Morgan fingerprint density at radius 2 is 1.45 bits per heavy atom. The van der Waals surface area contributed by atoms with Gasteiger partial charge in [-0.3, -0.25) is 9.89 Å². The van der Waals surface area contributed by atoms with E-state index in [1.54, 1.807) is 21.3 Å². The van der Waals surface area contributed by atoms with Crippen LogP contribution in [0.3, 0.4) is 0 Å². The standard InChI is InChI=1S/C25H36N4O3.HI/c1-5-32-24-22(30-3)14-21(15-23(24)31-4)17-28-25(26-2)27-16-19-8-10-20(11-9-19)18-29-12-6-7-13-29;/h8-11,14-15H,5-7,12-13,16-18H2,1-4H3,(H2,26,27,28);1H. The van der Waals surface area contributed by atoms with Crippen LogP contribution in [0.5, 0.6) is 17.2 Å². The van der Waals surface area contributed by atoms with Gasteiger partial charge in [-0.2, -0.15) is 0 Å². The van der Waals surface area contributed by atoms with Crippen molar-refractivity contribution < 1.29 is 14.2 Å². The van der Waals surface area contributed by atoms with Gasteiger partial charge in [0.15, 0.2) is 17.5 Å². The van der Waals surface area contributed by atoms with Crippen molar-refractivity contribution in [1.29, 1.82) is 0 Å². The number of likely N-dealkylation sites (tertiary alicyclic amines) is 1. The molecule has 1 aliphatic rings. The van der Waals surface area contributed by atoms with E-state index in [1.165, 1.54) is 37.1 Å². The van der Waals surface area contributed by atoms with Crippen LogP contribution in [0.4, 0.5) is 0 Å². The van der Waals surface area contributed by atoms with Crippen molar-refractivity contribution in [3.05, 3.63) is 53.1 Å². The smallest absolute Gasteiger partial charge is 0.203 e. The lowest BCUT2D eigenvalue weighted by Gasteiger charge is -2.17. The minimum absolute atomic E-state index is 0. The largest absolute Gasteiger partial charge is 0.493 e. The third-order valence-electron chi connectivity index (χ3n) is 5.58. The first kappa shape index (κ1) is 27.0. The van der Waals surface area contributed by atoms with Crippen LogP contribution < -0.4 is 24.8 Å². The van der Waals surface area contributed by atoms with Gasteiger partial charge in [-0.15, -0.1) is 24.0 Å². The molecule has 0 atom stereocenters. The highest BCUT2D eigenvalue weighted by Crippen LogP contribution is 2.38. The maximum atomic E-state index is 5.68. The van der Waals surface area contributed by atoms with Crippen LogP contribution in [0, 0.1) is 0 Å². The zero-order valence-electron chi connectivity index (χ0n) is 20.1. The second-order valence-corrected chi connectivity index (χ2v) is 7.84. The molecule has 0 radical (unpaired) electrons. The number of methoxy groups -OCH3 is 2. The molecule has 1 aliphatic heterocycles. The number of rotatable bonds is 10. The van der Waals surface area contributed by atoms with Crippen LogP contribution in [0.2, 0.25) is 0 Å². The molecule has 0 aliphatic carbocycles. The number of aliphatic imine (C=N–C) groups is 1. The first-order valence-corrected chi connectivity index (χ1v) is 11.3. The second kappa shape index (κ2) is 14.1. The van der Waals surface area contributed by atoms with E-state index in [1.807, 2.05) is 19.1 Å². The van der Waals surface area contributed by atoms with E-state index in [2.05, 4.69) is 44.8 Å². The summed E-state index contributed by atoms with van der Waals surface area (Å²) in [6.45, 7) is 7.25. The van der Waals surface area contributed by atoms with Crippen molar-refractivity contribution in [2.24, 2.45) is 4.99 Å². The third kappa shape index (κ3) is 7.96. The van der Waals surface area contributed by atoms with Crippen molar-refractivity contribution >= 4 is 29.9 Å². The molecule has 1 heterocycles. The predicted octanol–water partition coefficient (Wildman–Crippen LogP) is 4.18. The molecule has 2 aromatic carbocycles. The van der Waals surface area contributed by atoms with E-state index in [-0.39, 0.29) is 24.0 Å². The maximum Gasteiger partial charge on any atom is 0.203 e. The second-order valence-electron chi connectivity index (χ2n) is 7.84. The third-order valence-corrected chi connectivity index (χ3v) is 5.58. The van der Waals surface area contributed by atoms with Gasteiger partial charge >= 0.3 is 0 Å². The quantitative estimate of drug-likeness (QED) is 0.255. The fourth-order valence-electron chi connectivity index (χ4n) is 3.88. The molecule has 0 unspecified atom stereocenters. The summed E-state index contributed by atoms with van der Waals surface area (Å²) in [4.78, 5) is 6.85. The summed E-state index contributed by atoms with van der Waals surface area (Å²) in [5, 5.41) is 6.73. The first-order valence-electron chi connectivity index (χ1n) is 11.3. The molecule has 1 fully saturated rings. The Kier molecular flexibility index (Phi) is 11.6. The Hall–Kier alpha value is -2.20. The number of nitrogens with one attached hydrogen (secondary N) is 2. The van der Waals surface area contributed by atoms with Gasteiger partial charge in [0.2, 0.25) is 5.75 Å². The lowest BCUT2D eigenvalue weighted by Crippen LogP contribution is -2.36. The van der Waals surface area contributed by atoms with Crippen molar-refractivity contribution in [3.8, 4) is 17.2 Å². The summed E-state index contributed by atoms with van der Waals surface area (Å²) in [5.41, 5.74) is 3.61. The highest BCUT2D eigenvalue weighted by molar-refractivity contribution is 14.0. The number of hydrogen-bond donors (Lipinski definition) is 2. The predicted molar refractivity (Wildman–Crippen MR) is 144 cm³/mol. The van der Waals surface area contributed by atoms with E-state index < -0.39 is 0 Å². The molecule has 0 bridgehead atoms. The van der Waals surface area contributed by atoms with Crippen LogP contribution in [-0.2, 0) is 19.6 Å². The van der Waals surface area contributed by atoms with Gasteiger partial charge < -0.3 is 24.8 Å². The number of hydrogen-bond acceptors (Lipinski definition) is 5. The average Bonchev–Trinajstić information content (AvgIpc) is 3.33. The molecule has 1 saturated heterocycles. The monoisotopic (exact) mass is 568 g/mol. The fraction of sp³-hybridized carbons (Fsp3) is 0.480. The van der Waals surface area contributed by atoms with Gasteiger partial charge in [0.05, 0.1) is 20.8 Å². The van der Waals surface area contributed by atoms with Gasteiger partial charge in [0, 0.05) is 26.7 Å². The number of benzene rings is 2. The number of ether oxygens (including phenoxy) is 3. The maximum absolute atomic E-state index is 5.68. The van der Waals surface area contributed by atoms with E-state index in [0.717, 1.165) is 18.1 Å². The van der Waals surface area contributed by atoms with Crippen molar-refractivity contribution in [2.45, 2.75) is 39.4 Å². The molecule has 0 spiro atoms. The first-order chi connectivity index (χ1) is 15.7. The zero-order valence-corrected chi connectivity index (χ0v) is 22.5. The molecule has 182 valence electrons. The van der Waals surface area contributed by atoms with E-state index >= 15 is 0 Å². The highest BCUT2D eigenvalue weighted by Gasteiger charge is 2.14. The van der Waals surface area contributed by atoms with Crippen molar-refractivity contribution in [3.63, 3.8) is 0 Å². The van der Waals surface area contributed by atoms with Gasteiger partial charge in [-0.1, -0.05) is 24.3 Å². The normalized spacial score (nSPS) is 13.9. The van der Waals surface area contributed by atoms with E-state index in [0.29, 0.717) is 36.9 Å². The minimum atomic E-state index is 0. The van der Waals surface area contributed by atoms with Gasteiger partial charge in [-0.25, -0.2) is 0 Å². The molecular weight excluding hydrogens is 531 g/mol. The Morgan fingerprint density at radius 1 is 0.909 bits per heavy atom. The zero-order chi connectivity index (χ0) is 22.8. The molecule has 3 rings (SSSR count). The van der Waals surface area contributed by atoms with Crippen LogP contribution in [0.1, 0.15) is 36.5 Å². The number of halogens is 1. The molecule has 2 N–H and O–H groups in total. The Balaban J connectivity index is 0.00000385. The topological polar surface area (TPSA) is 67.4 Å². The van der Waals surface area contributed by atoms with E-state index in [4.69, 9.17) is 14.2 Å². The van der Waals surface area contributed by atoms with Crippen LogP contribution in [0.15, 0.2) is 41.4 Å². The number of nitrogens with zero attached hydrogens (tertiary/aromatic N) is 2. The van der Waals surface area contributed by atoms with Gasteiger partial charge in [-0.05, 0) is 61.7 Å². The molecule has 0 amide bonds. The summed E-state index contributed by atoms with van der Waals surface area (Å²) in [7, 11) is 5.03. The summed E-state index contributed by atoms with van der Waals surface area (Å²) in [6.07, 6.45) is 2.65.